The smallest absolute Gasteiger partial charge is 0.416 e. The van der Waals surface area contributed by atoms with Crippen molar-refractivity contribution in [3.05, 3.63) is 65.2 Å². The number of methoxy groups -OCH3 is 1. The molecule has 210 valence electrons. The molecule has 6 nitrogen and oxygen atoms in total. The fourth-order valence-electron chi connectivity index (χ4n) is 5.94. The van der Waals surface area contributed by atoms with E-state index >= 15 is 0 Å². The molecule has 2 saturated heterocycles. The topological polar surface area (TPSA) is 60.9 Å². The predicted molar refractivity (Wildman–Crippen MR) is 151 cm³/mol. The highest BCUT2D eigenvalue weighted by Gasteiger charge is 2.31. The fourth-order valence-corrected chi connectivity index (χ4v) is 5.94. The molecule has 0 atom stereocenters. The van der Waals surface area contributed by atoms with Gasteiger partial charge in [-0.3, -0.25) is 9.80 Å². The lowest BCUT2D eigenvalue weighted by molar-refractivity contribution is -0.137. The average molecular weight is 551 g/mol. The first-order chi connectivity index (χ1) is 19.3. The minimum atomic E-state index is -4.49. The highest BCUT2D eigenvalue weighted by atomic mass is 19.4. The number of aromatic hydroxyl groups is 1. The zero-order chi connectivity index (χ0) is 27.9. The number of fused-ring (bicyclic) bond motifs is 2. The number of phenolic OH excluding ortho intramolecular Hbond substituents is 1. The minimum absolute atomic E-state index is 0.301. The van der Waals surface area contributed by atoms with Gasteiger partial charge in [0.25, 0.3) is 0 Å². The van der Waals surface area contributed by atoms with Gasteiger partial charge < -0.3 is 15.2 Å². The average Bonchev–Trinajstić information content (AvgIpc) is 3.65. The van der Waals surface area contributed by atoms with E-state index in [0.29, 0.717) is 52.1 Å². The summed E-state index contributed by atoms with van der Waals surface area (Å²) < 4.78 is 46.7. The molecule has 2 aliphatic heterocycles. The van der Waals surface area contributed by atoms with Crippen LogP contribution in [0.1, 0.15) is 42.4 Å². The second-order valence-corrected chi connectivity index (χ2v) is 10.8. The molecule has 0 aliphatic carbocycles. The number of halogens is 3. The maximum Gasteiger partial charge on any atom is 0.416 e. The Morgan fingerprint density at radius 2 is 1.38 bits per heavy atom. The van der Waals surface area contributed by atoms with Crippen molar-refractivity contribution >= 4 is 33.2 Å². The van der Waals surface area contributed by atoms with Crippen molar-refractivity contribution in [3.8, 4) is 11.5 Å². The van der Waals surface area contributed by atoms with Crippen LogP contribution in [0.4, 0.5) is 24.5 Å². The number of nitrogens with zero attached hydrogens (tertiary/aromatic N) is 3. The number of rotatable bonds is 7. The lowest BCUT2D eigenvalue weighted by atomic mass is 10.0. The number of pyridine rings is 1. The van der Waals surface area contributed by atoms with Crippen LogP contribution in [0.2, 0.25) is 0 Å². The summed E-state index contributed by atoms with van der Waals surface area (Å²) in [4.78, 5) is 9.31. The van der Waals surface area contributed by atoms with Crippen molar-refractivity contribution in [2.75, 3.05) is 38.6 Å². The number of phenols is 1. The summed E-state index contributed by atoms with van der Waals surface area (Å²) in [7, 11) is 1.56. The molecule has 3 heterocycles. The van der Waals surface area contributed by atoms with E-state index in [-0.39, 0.29) is 0 Å². The Kier molecular flexibility index (Phi) is 7.18. The SMILES string of the molecule is COc1ccc2nc3ccc(C(F)(F)F)cc3c(Nc3cc(CN4CCCC4)c(O)c(CN4CCCC4)c3)c2c1. The van der Waals surface area contributed by atoms with Crippen LogP contribution in [-0.4, -0.2) is 53.2 Å². The molecule has 9 heteroatoms. The molecular weight excluding hydrogens is 517 g/mol. The maximum atomic E-state index is 13.7. The Labute approximate surface area is 231 Å². The van der Waals surface area contributed by atoms with Gasteiger partial charge in [-0.05, 0) is 100 Å². The zero-order valence-corrected chi connectivity index (χ0v) is 22.5. The Morgan fingerprint density at radius 3 is 1.93 bits per heavy atom. The van der Waals surface area contributed by atoms with Crippen LogP contribution in [0.25, 0.3) is 21.8 Å². The molecule has 0 spiro atoms. The van der Waals surface area contributed by atoms with Gasteiger partial charge in [-0.15, -0.1) is 0 Å². The van der Waals surface area contributed by atoms with E-state index in [2.05, 4.69) is 20.1 Å². The summed E-state index contributed by atoms with van der Waals surface area (Å²) in [5, 5.41) is 15.8. The molecular formula is C31H33F3N4O2. The van der Waals surface area contributed by atoms with E-state index in [4.69, 9.17) is 4.74 Å². The molecule has 2 N–H and O–H groups in total. The molecule has 0 bridgehead atoms. The molecule has 6 rings (SSSR count). The van der Waals surface area contributed by atoms with Gasteiger partial charge in [0.05, 0.1) is 29.4 Å². The van der Waals surface area contributed by atoms with Crippen molar-refractivity contribution < 1.29 is 23.0 Å². The second-order valence-electron chi connectivity index (χ2n) is 10.8. The first-order valence-corrected chi connectivity index (χ1v) is 13.8. The number of hydrogen-bond acceptors (Lipinski definition) is 6. The summed E-state index contributed by atoms with van der Waals surface area (Å²) in [5.41, 5.74) is 3.24. The third-order valence-corrected chi connectivity index (χ3v) is 8.03. The van der Waals surface area contributed by atoms with Gasteiger partial charge in [0.15, 0.2) is 0 Å². The molecule has 2 fully saturated rings. The van der Waals surface area contributed by atoms with Gasteiger partial charge in [0.2, 0.25) is 0 Å². The number of ether oxygens (including phenoxy) is 1. The molecule has 0 saturated carbocycles. The summed E-state index contributed by atoms with van der Waals surface area (Å²) >= 11 is 0. The monoisotopic (exact) mass is 550 g/mol. The number of aromatic nitrogens is 1. The van der Waals surface area contributed by atoms with Crippen molar-refractivity contribution in [1.29, 1.82) is 0 Å². The fraction of sp³-hybridized carbons (Fsp3) is 0.387. The highest BCUT2D eigenvalue weighted by Crippen LogP contribution is 2.40. The number of benzene rings is 3. The first kappa shape index (κ1) is 26.7. The van der Waals surface area contributed by atoms with Gasteiger partial charge in [-0.25, -0.2) is 4.98 Å². The van der Waals surface area contributed by atoms with E-state index in [0.717, 1.165) is 80.8 Å². The van der Waals surface area contributed by atoms with Crippen LogP contribution in [0.5, 0.6) is 11.5 Å². The Hall–Kier alpha value is -3.56. The van der Waals surface area contributed by atoms with Crippen molar-refractivity contribution in [2.24, 2.45) is 0 Å². The summed E-state index contributed by atoms with van der Waals surface area (Å²) in [5.74, 6) is 0.883. The van der Waals surface area contributed by atoms with Crippen LogP contribution in [0.15, 0.2) is 48.5 Å². The summed E-state index contributed by atoms with van der Waals surface area (Å²) in [6.07, 6.45) is 0.0595. The van der Waals surface area contributed by atoms with Gasteiger partial charge in [-0.1, -0.05) is 0 Å². The van der Waals surface area contributed by atoms with Crippen molar-refractivity contribution in [1.82, 2.24) is 14.8 Å². The highest BCUT2D eigenvalue weighted by molar-refractivity contribution is 6.09. The number of alkyl halides is 3. The largest absolute Gasteiger partial charge is 0.507 e. The van der Waals surface area contributed by atoms with E-state index in [1.165, 1.54) is 6.07 Å². The quantitative estimate of drug-likeness (QED) is 0.190. The normalized spacial score (nSPS) is 16.8. The van der Waals surface area contributed by atoms with Gasteiger partial charge in [0, 0.05) is 40.7 Å². The lowest BCUT2D eigenvalue weighted by Crippen LogP contribution is -2.20. The Bertz CT molecular complexity index is 1500. The van der Waals surface area contributed by atoms with E-state index in [1.807, 2.05) is 18.2 Å². The standard InChI is InChI=1S/C31H33F3N4O2/c1-40-24-7-9-28-26(17-24)29(25-16-22(31(32,33)34)6-8-27(25)36-28)35-23-14-20(18-37-10-2-3-11-37)30(39)21(15-23)19-38-12-4-5-13-38/h6-9,14-17,39H,2-5,10-13,18-19H2,1H3,(H,35,36). The van der Waals surface area contributed by atoms with Crippen LogP contribution in [0.3, 0.4) is 0 Å². The molecule has 4 aromatic rings. The van der Waals surface area contributed by atoms with Gasteiger partial charge in [-0.2, -0.15) is 13.2 Å². The molecule has 3 aromatic carbocycles. The summed E-state index contributed by atoms with van der Waals surface area (Å²) in [6.45, 7) is 5.18. The van der Waals surface area contributed by atoms with Crippen molar-refractivity contribution in [2.45, 2.75) is 44.9 Å². The van der Waals surface area contributed by atoms with E-state index < -0.39 is 11.7 Å². The molecule has 0 amide bonds. The van der Waals surface area contributed by atoms with Gasteiger partial charge >= 0.3 is 6.18 Å². The van der Waals surface area contributed by atoms with E-state index in [1.54, 1.807) is 19.2 Å². The summed E-state index contributed by atoms with van der Waals surface area (Å²) in [6, 6.07) is 12.9. The van der Waals surface area contributed by atoms with Crippen LogP contribution in [0, 0.1) is 0 Å². The zero-order valence-electron chi connectivity index (χ0n) is 22.5. The van der Waals surface area contributed by atoms with Crippen LogP contribution < -0.4 is 10.1 Å². The molecule has 40 heavy (non-hydrogen) atoms. The van der Waals surface area contributed by atoms with Crippen LogP contribution in [-0.2, 0) is 19.3 Å². The second kappa shape index (κ2) is 10.8. The number of likely N-dealkylation sites (tertiary alicyclic amines) is 2. The molecule has 0 unspecified atom stereocenters. The number of anilines is 2. The van der Waals surface area contributed by atoms with E-state index in [9.17, 15) is 18.3 Å². The maximum absolute atomic E-state index is 13.7. The van der Waals surface area contributed by atoms with Crippen molar-refractivity contribution in [3.63, 3.8) is 0 Å². The number of hydrogen-bond donors (Lipinski definition) is 2. The minimum Gasteiger partial charge on any atom is -0.507 e. The third-order valence-electron chi connectivity index (χ3n) is 8.03. The Morgan fingerprint density at radius 1 is 0.825 bits per heavy atom. The molecule has 1 aromatic heterocycles. The third kappa shape index (κ3) is 5.40. The lowest BCUT2D eigenvalue weighted by Gasteiger charge is -2.22. The first-order valence-electron chi connectivity index (χ1n) is 13.8. The Balaban J connectivity index is 1.50. The molecule has 2 aliphatic rings. The van der Waals surface area contributed by atoms with Crippen LogP contribution >= 0.6 is 0 Å². The number of nitrogens with one attached hydrogen (secondary N) is 1. The molecule has 0 radical (unpaired) electrons. The predicted octanol–water partition coefficient (Wildman–Crippen LogP) is 7.06. The van der Waals surface area contributed by atoms with Gasteiger partial charge in [0.1, 0.15) is 11.5 Å².